The molecule has 2 aliphatic carbocycles. The first-order chi connectivity index (χ1) is 12.5. The van der Waals surface area contributed by atoms with Gasteiger partial charge in [0.2, 0.25) is 0 Å². The molecule has 4 rings (SSSR count). The molecule has 0 bridgehead atoms. The molecule has 0 heterocycles. The normalized spacial score (nSPS) is 18.1. The highest BCUT2D eigenvalue weighted by molar-refractivity contribution is 6.30. The zero-order valence-electron chi connectivity index (χ0n) is 14.6. The maximum absolute atomic E-state index is 13.2. The number of methoxy groups -OCH3 is 2. The van der Waals surface area contributed by atoms with Gasteiger partial charge in [-0.05, 0) is 12.8 Å². The van der Waals surface area contributed by atoms with Crippen molar-refractivity contribution in [2.45, 2.75) is 18.9 Å². The van der Waals surface area contributed by atoms with E-state index < -0.39 is 6.10 Å². The van der Waals surface area contributed by atoms with E-state index in [1.165, 1.54) is 14.2 Å². The number of hydrogen-bond donors (Lipinski definition) is 1. The molecular formula is C21H18O5. The number of benzene rings is 2. The lowest BCUT2D eigenvalue weighted by molar-refractivity contribution is 0.0971. The average molecular weight is 350 g/mol. The third kappa shape index (κ3) is 2.07. The van der Waals surface area contributed by atoms with Crippen LogP contribution in [0.25, 0.3) is 0 Å². The smallest absolute Gasteiger partial charge is 0.198 e. The van der Waals surface area contributed by atoms with E-state index in [9.17, 15) is 14.7 Å². The first-order valence-corrected chi connectivity index (χ1v) is 8.33. The standard InChI is InChI=1S/C21H18O5/c1-10-8-13-15(14(22)9-10)21(26-3)17-16(20(13)25-2)18(23)11-6-4-5-7-12(11)19(17)24/h4-7,14,22H,1,8-9H2,2-3H3/t14-/m1/s1. The van der Waals surface area contributed by atoms with Gasteiger partial charge in [0.15, 0.2) is 11.6 Å². The molecule has 1 atom stereocenters. The van der Waals surface area contributed by atoms with Crippen LogP contribution in [0.4, 0.5) is 0 Å². The van der Waals surface area contributed by atoms with Crippen molar-refractivity contribution in [2.75, 3.05) is 14.2 Å². The van der Waals surface area contributed by atoms with Crippen molar-refractivity contribution in [1.29, 1.82) is 0 Å². The van der Waals surface area contributed by atoms with Gasteiger partial charge in [-0.15, -0.1) is 0 Å². The Morgan fingerprint density at radius 2 is 1.54 bits per heavy atom. The number of ketones is 2. The Bertz CT molecular complexity index is 986. The van der Waals surface area contributed by atoms with Gasteiger partial charge in [-0.1, -0.05) is 36.4 Å². The monoisotopic (exact) mass is 350 g/mol. The molecule has 26 heavy (non-hydrogen) atoms. The van der Waals surface area contributed by atoms with Gasteiger partial charge in [0.05, 0.1) is 31.5 Å². The quantitative estimate of drug-likeness (QED) is 0.719. The van der Waals surface area contributed by atoms with Crippen molar-refractivity contribution >= 4 is 11.6 Å². The Labute approximate surface area is 150 Å². The van der Waals surface area contributed by atoms with Crippen LogP contribution in [-0.4, -0.2) is 30.9 Å². The molecule has 0 saturated heterocycles. The average Bonchev–Trinajstić information content (AvgIpc) is 2.64. The van der Waals surface area contributed by atoms with Gasteiger partial charge in [0, 0.05) is 22.3 Å². The van der Waals surface area contributed by atoms with Gasteiger partial charge in [0.1, 0.15) is 11.5 Å². The summed E-state index contributed by atoms with van der Waals surface area (Å²) in [6, 6.07) is 6.71. The minimum atomic E-state index is -0.861. The van der Waals surface area contributed by atoms with Crippen LogP contribution in [-0.2, 0) is 6.42 Å². The van der Waals surface area contributed by atoms with Gasteiger partial charge in [-0.3, -0.25) is 9.59 Å². The molecule has 0 amide bonds. The lowest BCUT2D eigenvalue weighted by atomic mass is 9.76. The fourth-order valence-electron chi connectivity index (χ4n) is 4.02. The molecule has 0 spiro atoms. The maximum Gasteiger partial charge on any atom is 0.198 e. The molecular weight excluding hydrogens is 332 g/mol. The highest BCUT2D eigenvalue weighted by Gasteiger charge is 2.40. The lowest BCUT2D eigenvalue weighted by Crippen LogP contribution is -2.26. The summed E-state index contributed by atoms with van der Waals surface area (Å²) in [7, 11) is 2.90. The summed E-state index contributed by atoms with van der Waals surface area (Å²) >= 11 is 0. The minimum Gasteiger partial charge on any atom is -0.496 e. The van der Waals surface area contributed by atoms with E-state index >= 15 is 0 Å². The molecule has 0 fully saturated rings. The van der Waals surface area contributed by atoms with Gasteiger partial charge in [-0.25, -0.2) is 0 Å². The molecule has 0 aromatic heterocycles. The number of carbonyl (C=O) groups excluding carboxylic acids is 2. The third-order valence-corrected chi connectivity index (χ3v) is 5.07. The molecule has 2 aromatic carbocycles. The second kappa shape index (κ2) is 5.81. The van der Waals surface area contributed by atoms with Crippen LogP contribution in [0, 0.1) is 0 Å². The molecule has 2 aromatic rings. The fourth-order valence-corrected chi connectivity index (χ4v) is 4.02. The molecule has 2 aliphatic rings. The van der Waals surface area contributed by atoms with E-state index in [1.54, 1.807) is 24.3 Å². The summed E-state index contributed by atoms with van der Waals surface area (Å²) in [5.41, 5.74) is 3.05. The summed E-state index contributed by atoms with van der Waals surface area (Å²) in [5.74, 6) is -0.00391. The predicted molar refractivity (Wildman–Crippen MR) is 95.3 cm³/mol. The molecule has 5 heteroatoms. The molecule has 0 radical (unpaired) electrons. The fraction of sp³-hybridized carbons (Fsp3) is 0.238. The van der Waals surface area contributed by atoms with E-state index in [-0.39, 0.29) is 28.4 Å². The van der Waals surface area contributed by atoms with Crippen molar-refractivity contribution in [1.82, 2.24) is 0 Å². The van der Waals surface area contributed by atoms with Gasteiger partial charge in [0.25, 0.3) is 0 Å². The van der Waals surface area contributed by atoms with E-state index in [1.807, 2.05) is 0 Å². The van der Waals surface area contributed by atoms with Crippen LogP contribution in [0.15, 0.2) is 36.4 Å². The number of carbonyl (C=O) groups is 2. The zero-order valence-corrected chi connectivity index (χ0v) is 14.6. The number of aliphatic hydroxyl groups excluding tert-OH is 1. The largest absolute Gasteiger partial charge is 0.496 e. The number of aliphatic hydroxyl groups is 1. The summed E-state index contributed by atoms with van der Waals surface area (Å²) in [6.45, 7) is 3.97. The van der Waals surface area contributed by atoms with Crippen LogP contribution < -0.4 is 9.47 Å². The van der Waals surface area contributed by atoms with Crippen molar-refractivity contribution in [3.63, 3.8) is 0 Å². The number of ether oxygens (including phenoxy) is 2. The summed E-state index contributed by atoms with van der Waals surface area (Å²) < 4.78 is 11.1. The molecule has 5 nitrogen and oxygen atoms in total. The Morgan fingerprint density at radius 1 is 1.00 bits per heavy atom. The lowest BCUT2D eigenvalue weighted by Gasteiger charge is -2.31. The van der Waals surface area contributed by atoms with Gasteiger partial charge in [-0.2, -0.15) is 0 Å². The molecule has 1 N–H and O–H groups in total. The van der Waals surface area contributed by atoms with Crippen molar-refractivity contribution < 1.29 is 24.2 Å². The summed E-state index contributed by atoms with van der Waals surface area (Å²) in [6.07, 6.45) is -0.0210. The van der Waals surface area contributed by atoms with Crippen LogP contribution in [0.3, 0.4) is 0 Å². The topological polar surface area (TPSA) is 72.8 Å². The highest BCUT2D eigenvalue weighted by atomic mass is 16.5. The van der Waals surface area contributed by atoms with Crippen LogP contribution in [0.1, 0.15) is 55.5 Å². The Hall–Kier alpha value is -2.92. The third-order valence-electron chi connectivity index (χ3n) is 5.07. The van der Waals surface area contributed by atoms with Crippen molar-refractivity contribution in [3.8, 4) is 11.5 Å². The highest BCUT2D eigenvalue weighted by Crippen LogP contribution is 2.49. The SMILES string of the molecule is C=C1Cc2c(OC)c3c(c(OC)c2[C@H](O)C1)C(=O)c1ccccc1C3=O. The summed E-state index contributed by atoms with van der Waals surface area (Å²) in [5, 5.41) is 10.6. The molecule has 0 aliphatic heterocycles. The van der Waals surface area contributed by atoms with E-state index in [2.05, 4.69) is 6.58 Å². The molecule has 0 unspecified atom stereocenters. The first kappa shape index (κ1) is 16.5. The zero-order chi connectivity index (χ0) is 18.6. The van der Waals surface area contributed by atoms with Crippen molar-refractivity contribution in [3.05, 3.63) is 69.8 Å². The second-order valence-corrected chi connectivity index (χ2v) is 6.56. The van der Waals surface area contributed by atoms with Crippen LogP contribution in [0.5, 0.6) is 11.5 Å². The minimum absolute atomic E-state index is 0.165. The first-order valence-electron chi connectivity index (χ1n) is 8.33. The molecule has 0 saturated carbocycles. The Morgan fingerprint density at radius 3 is 2.08 bits per heavy atom. The number of rotatable bonds is 2. The Kier molecular flexibility index (Phi) is 3.70. The van der Waals surface area contributed by atoms with Crippen LogP contribution in [0.2, 0.25) is 0 Å². The van der Waals surface area contributed by atoms with E-state index in [0.29, 0.717) is 40.8 Å². The van der Waals surface area contributed by atoms with E-state index in [4.69, 9.17) is 9.47 Å². The predicted octanol–water partition coefficient (Wildman–Crippen LogP) is 3.02. The number of hydrogen-bond acceptors (Lipinski definition) is 5. The number of fused-ring (bicyclic) bond motifs is 3. The second-order valence-electron chi connectivity index (χ2n) is 6.56. The van der Waals surface area contributed by atoms with Crippen molar-refractivity contribution in [2.24, 2.45) is 0 Å². The molecule has 132 valence electrons. The van der Waals surface area contributed by atoms with Gasteiger partial charge >= 0.3 is 0 Å². The summed E-state index contributed by atoms with van der Waals surface area (Å²) in [4.78, 5) is 26.3. The van der Waals surface area contributed by atoms with Gasteiger partial charge < -0.3 is 14.6 Å². The Balaban J connectivity index is 2.14. The maximum atomic E-state index is 13.2. The van der Waals surface area contributed by atoms with Crippen LogP contribution >= 0.6 is 0 Å². The van der Waals surface area contributed by atoms with E-state index in [0.717, 1.165) is 5.57 Å².